The molecule has 0 aliphatic heterocycles. The molecule has 0 saturated heterocycles. The van der Waals surface area contributed by atoms with Gasteiger partial charge >= 0.3 is 6.18 Å². The molecule has 0 unspecified atom stereocenters. The lowest BCUT2D eigenvalue weighted by Gasteiger charge is -2.20. The minimum Gasteiger partial charge on any atom is -0.309 e. The van der Waals surface area contributed by atoms with Crippen LogP contribution in [-0.2, 0) is 16.6 Å². The summed E-state index contributed by atoms with van der Waals surface area (Å²) < 4.78 is 64.5. The third-order valence-electron chi connectivity index (χ3n) is 3.70. The molecule has 2 fully saturated rings. The Labute approximate surface area is 124 Å². The highest BCUT2D eigenvalue weighted by molar-refractivity contribution is 7.89. The Morgan fingerprint density at radius 3 is 2.52 bits per heavy atom. The van der Waals surface area contributed by atoms with Gasteiger partial charge in [-0.15, -0.1) is 11.3 Å². The zero-order valence-electron chi connectivity index (χ0n) is 11.0. The molecule has 118 valence electrons. The van der Waals surface area contributed by atoms with Crippen molar-refractivity contribution in [1.29, 1.82) is 0 Å². The highest BCUT2D eigenvalue weighted by Crippen LogP contribution is 2.49. The van der Waals surface area contributed by atoms with Crippen LogP contribution in [0.1, 0.15) is 30.6 Å². The summed E-state index contributed by atoms with van der Waals surface area (Å²) in [5, 5.41) is 4.63. The van der Waals surface area contributed by atoms with Crippen molar-refractivity contribution in [3.8, 4) is 0 Å². The normalized spacial score (nSPS) is 21.5. The van der Waals surface area contributed by atoms with E-state index in [1.807, 2.05) is 4.72 Å². The number of halogens is 3. The van der Waals surface area contributed by atoms with E-state index in [1.54, 1.807) is 0 Å². The van der Waals surface area contributed by atoms with E-state index in [9.17, 15) is 21.6 Å². The second kappa shape index (κ2) is 4.94. The minimum atomic E-state index is -4.55. The molecule has 3 rings (SSSR count). The fourth-order valence-corrected chi connectivity index (χ4v) is 4.68. The number of alkyl halides is 3. The van der Waals surface area contributed by atoms with Crippen LogP contribution in [0.15, 0.2) is 16.3 Å². The Morgan fingerprint density at radius 2 is 2.00 bits per heavy atom. The summed E-state index contributed by atoms with van der Waals surface area (Å²) in [5.41, 5.74) is -2.26. The van der Waals surface area contributed by atoms with Crippen molar-refractivity contribution >= 4 is 21.4 Å². The van der Waals surface area contributed by atoms with Crippen LogP contribution in [0.25, 0.3) is 0 Å². The number of rotatable bonds is 6. The van der Waals surface area contributed by atoms with Crippen molar-refractivity contribution in [2.75, 3.05) is 0 Å². The first-order chi connectivity index (χ1) is 9.72. The summed E-state index contributed by atoms with van der Waals surface area (Å²) in [6, 6.07) is 1.93. The summed E-state index contributed by atoms with van der Waals surface area (Å²) in [6.45, 7) is 0.551. The van der Waals surface area contributed by atoms with Crippen molar-refractivity contribution < 1.29 is 21.6 Å². The molecule has 2 aliphatic carbocycles. The Kier molecular flexibility index (Phi) is 3.59. The molecular formula is C12H15F3N2O2S2. The number of nitrogens with one attached hydrogen (secondary N) is 2. The fourth-order valence-electron chi connectivity index (χ4n) is 2.01. The molecular weight excluding hydrogens is 325 g/mol. The molecule has 1 aromatic heterocycles. The molecule has 2 N–H and O–H groups in total. The number of hydrogen-bond acceptors (Lipinski definition) is 4. The Hall–Kier alpha value is -0.640. The minimum absolute atomic E-state index is 0.0874. The highest BCUT2D eigenvalue weighted by Gasteiger charge is 2.65. The van der Waals surface area contributed by atoms with Crippen molar-refractivity contribution in [3.05, 3.63) is 16.3 Å². The van der Waals surface area contributed by atoms with E-state index in [0.717, 1.165) is 17.7 Å². The first-order valence-electron chi connectivity index (χ1n) is 6.63. The molecule has 21 heavy (non-hydrogen) atoms. The average Bonchev–Trinajstić information content (AvgIpc) is 3.27. The van der Waals surface area contributed by atoms with Crippen LogP contribution in [0.5, 0.6) is 0 Å². The predicted octanol–water partition coefficient (Wildman–Crippen LogP) is 2.37. The van der Waals surface area contributed by atoms with E-state index < -0.39 is 21.7 Å². The fraction of sp³-hybridized carbons (Fsp3) is 0.667. The van der Waals surface area contributed by atoms with Gasteiger partial charge in [0.2, 0.25) is 10.0 Å². The molecule has 0 bridgehead atoms. The van der Waals surface area contributed by atoms with Gasteiger partial charge in [-0.1, -0.05) is 0 Å². The van der Waals surface area contributed by atoms with Crippen LogP contribution in [-0.4, -0.2) is 26.2 Å². The number of thiophene rings is 1. The summed E-state index contributed by atoms with van der Waals surface area (Å²) in [5.74, 6) is 0. The molecule has 0 amide bonds. The quantitative estimate of drug-likeness (QED) is 0.836. The standard InChI is InChI=1S/C12H15F3N2O2S2/c13-12(14,15)11(3-4-11)17-21(18,19)10-5-9(20-7-10)6-16-8-1-2-8/h5,7-8,16-17H,1-4,6H2. The van der Waals surface area contributed by atoms with Crippen molar-refractivity contribution in [2.45, 2.75) is 54.9 Å². The summed E-state index contributed by atoms with van der Waals surface area (Å²) in [7, 11) is -4.13. The van der Waals surface area contributed by atoms with Gasteiger partial charge in [0.15, 0.2) is 0 Å². The molecule has 9 heteroatoms. The van der Waals surface area contributed by atoms with Crippen molar-refractivity contribution in [2.24, 2.45) is 0 Å². The third-order valence-corrected chi connectivity index (χ3v) is 6.31. The average molecular weight is 340 g/mol. The van der Waals surface area contributed by atoms with Crippen LogP contribution >= 0.6 is 11.3 Å². The van der Waals surface area contributed by atoms with Crippen molar-refractivity contribution in [1.82, 2.24) is 10.0 Å². The maximum absolute atomic E-state index is 12.8. The first kappa shape index (κ1) is 15.3. The topological polar surface area (TPSA) is 58.2 Å². The smallest absolute Gasteiger partial charge is 0.309 e. The van der Waals surface area contributed by atoms with Crippen LogP contribution in [0.3, 0.4) is 0 Å². The maximum atomic E-state index is 12.8. The molecule has 1 heterocycles. The predicted molar refractivity (Wildman–Crippen MR) is 72.5 cm³/mol. The summed E-state index contributed by atoms with van der Waals surface area (Å²) in [6.07, 6.45) is -2.71. The Morgan fingerprint density at radius 1 is 1.33 bits per heavy atom. The van der Waals surface area contributed by atoms with Crippen LogP contribution < -0.4 is 10.0 Å². The van der Waals surface area contributed by atoms with Gasteiger partial charge in [-0.2, -0.15) is 17.9 Å². The van der Waals surface area contributed by atoms with Gasteiger partial charge in [-0.3, -0.25) is 0 Å². The Bertz CT molecular complexity index is 631. The molecule has 0 spiro atoms. The number of hydrogen-bond donors (Lipinski definition) is 2. The molecule has 4 nitrogen and oxygen atoms in total. The first-order valence-corrected chi connectivity index (χ1v) is 9.00. The monoisotopic (exact) mass is 340 g/mol. The third kappa shape index (κ3) is 3.25. The maximum Gasteiger partial charge on any atom is 0.407 e. The summed E-state index contributed by atoms with van der Waals surface area (Å²) in [4.78, 5) is 0.717. The van der Waals surface area contributed by atoms with E-state index in [1.165, 1.54) is 22.8 Å². The molecule has 1 aromatic rings. The van der Waals surface area contributed by atoms with Gasteiger partial charge in [-0.05, 0) is 31.7 Å². The van der Waals surface area contributed by atoms with Crippen molar-refractivity contribution in [3.63, 3.8) is 0 Å². The molecule has 0 aromatic carbocycles. The Balaban J connectivity index is 1.70. The van der Waals surface area contributed by atoms with E-state index in [2.05, 4.69) is 5.32 Å². The lowest BCUT2D eigenvalue weighted by molar-refractivity contribution is -0.160. The van der Waals surface area contributed by atoms with Gasteiger partial charge in [0.05, 0.1) is 4.90 Å². The molecule has 2 saturated carbocycles. The van der Waals surface area contributed by atoms with E-state index in [0.29, 0.717) is 12.6 Å². The lowest BCUT2D eigenvalue weighted by atomic mass is 10.3. The largest absolute Gasteiger partial charge is 0.407 e. The van der Waals surface area contributed by atoms with Crippen LogP contribution in [0.4, 0.5) is 13.2 Å². The molecule has 0 radical (unpaired) electrons. The molecule has 0 atom stereocenters. The summed E-state index contributed by atoms with van der Waals surface area (Å²) >= 11 is 1.24. The second-order valence-electron chi connectivity index (χ2n) is 5.59. The lowest BCUT2D eigenvalue weighted by Crippen LogP contribution is -2.47. The van der Waals surface area contributed by atoms with E-state index in [4.69, 9.17) is 0 Å². The van der Waals surface area contributed by atoms with Gasteiger partial charge < -0.3 is 5.32 Å². The van der Waals surface area contributed by atoms with Gasteiger partial charge in [0, 0.05) is 22.8 Å². The van der Waals surface area contributed by atoms with E-state index >= 15 is 0 Å². The zero-order chi connectivity index (χ0) is 15.3. The van der Waals surface area contributed by atoms with E-state index in [-0.39, 0.29) is 17.7 Å². The zero-order valence-corrected chi connectivity index (χ0v) is 12.7. The van der Waals surface area contributed by atoms with Crippen LogP contribution in [0.2, 0.25) is 0 Å². The van der Waals surface area contributed by atoms with Crippen LogP contribution in [0, 0.1) is 0 Å². The van der Waals surface area contributed by atoms with Gasteiger partial charge in [0.25, 0.3) is 0 Å². The highest BCUT2D eigenvalue weighted by atomic mass is 32.2. The second-order valence-corrected chi connectivity index (χ2v) is 8.27. The number of sulfonamides is 1. The molecule has 2 aliphatic rings. The van der Waals surface area contributed by atoms with Gasteiger partial charge in [-0.25, -0.2) is 8.42 Å². The van der Waals surface area contributed by atoms with Gasteiger partial charge in [0.1, 0.15) is 5.54 Å². The SMILES string of the molecule is O=S(=O)(NC1(C(F)(F)F)CC1)c1csc(CNC2CC2)c1.